The first-order valence-corrected chi connectivity index (χ1v) is 12.0. The van der Waals surface area contributed by atoms with E-state index < -0.39 is 17.7 Å². The summed E-state index contributed by atoms with van der Waals surface area (Å²) in [5.74, 6) is -0.237. The summed E-state index contributed by atoms with van der Waals surface area (Å²) in [6, 6.07) is 20.1. The third kappa shape index (κ3) is 6.01. The SMILES string of the molecule is CC(C)(C)OC(=O)n1c(COc2ccc(-c3ccc(CC(=O)O)cc3)cc2)cc2cc(Cl)c(Cl)cc21. The van der Waals surface area contributed by atoms with E-state index in [1.54, 1.807) is 32.9 Å². The molecule has 0 radical (unpaired) electrons. The molecule has 0 amide bonds. The van der Waals surface area contributed by atoms with Crippen molar-refractivity contribution in [3.8, 4) is 16.9 Å². The van der Waals surface area contributed by atoms with Gasteiger partial charge in [0.15, 0.2) is 0 Å². The van der Waals surface area contributed by atoms with Crippen molar-refractivity contribution in [2.24, 2.45) is 0 Å². The minimum Gasteiger partial charge on any atom is -0.487 e. The molecule has 3 aromatic carbocycles. The molecule has 1 N–H and O–H groups in total. The topological polar surface area (TPSA) is 77.8 Å². The number of fused-ring (bicyclic) bond motifs is 1. The average molecular weight is 526 g/mol. The number of carbonyl (C=O) groups is 2. The van der Waals surface area contributed by atoms with E-state index in [0.29, 0.717) is 27.0 Å². The highest BCUT2D eigenvalue weighted by Gasteiger charge is 2.23. The molecule has 1 aromatic heterocycles. The predicted molar refractivity (Wildman–Crippen MR) is 141 cm³/mol. The van der Waals surface area contributed by atoms with Gasteiger partial charge in [0.25, 0.3) is 0 Å². The molecule has 8 heteroatoms. The lowest BCUT2D eigenvalue weighted by Gasteiger charge is -2.21. The van der Waals surface area contributed by atoms with E-state index in [-0.39, 0.29) is 13.0 Å². The van der Waals surface area contributed by atoms with Crippen LogP contribution in [0.3, 0.4) is 0 Å². The fourth-order valence-corrected chi connectivity index (χ4v) is 4.11. The number of carboxylic acid groups (broad SMARTS) is 1. The zero-order valence-corrected chi connectivity index (χ0v) is 21.6. The monoisotopic (exact) mass is 525 g/mol. The number of hydrogen-bond acceptors (Lipinski definition) is 4. The van der Waals surface area contributed by atoms with Gasteiger partial charge in [-0.3, -0.25) is 4.79 Å². The number of carboxylic acids is 1. The maximum atomic E-state index is 13.0. The third-order valence-corrected chi connectivity index (χ3v) is 6.10. The van der Waals surface area contributed by atoms with E-state index in [0.717, 1.165) is 22.1 Å². The Balaban J connectivity index is 1.55. The van der Waals surface area contributed by atoms with Gasteiger partial charge in [-0.1, -0.05) is 59.6 Å². The second-order valence-electron chi connectivity index (χ2n) is 9.36. The summed E-state index contributed by atoms with van der Waals surface area (Å²) < 4.78 is 13.1. The molecule has 36 heavy (non-hydrogen) atoms. The summed E-state index contributed by atoms with van der Waals surface area (Å²) in [6.07, 6.45) is -0.540. The number of aliphatic carboxylic acids is 1. The van der Waals surface area contributed by atoms with Crippen LogP contribution in [0.15, 0.2) is 66.7 Å². The lowest BCUT2D eigenvalue weighted by atomic mass is 10.0. The molecular formula is C28H25Cl2NO5. The number of carbonyl (C=O) groups excluding carboxylic acids is 1. The third-order valence-electron chi connectivity index (χ3n) is 5.38. The standard InChI is InChI=1S/C28H25Cl2NO5/c1-28(2,3)36-27(34)31-21(13-20-14-23(29)24(30)15-25(20)31)16-35-22-10-8-19(9-11-22)18-6-4-17(5-7-18)12-26(32)33/h4-11,13-15H,12,16H2,1-3H3,(H,32,33). The predicted octanol–water partition coefficient (Wildman–Crippen LogP) is 7.60. The molecule has 0 fully saturated rings. The van der Waals surface area contributed by atoms with E-state index in [1.807, 2.05) is 54.6 Å². The number of rotatable bonds is 6. The van der Waals surface area contributed by atoms with Crippen molar-refractivity contribution in [3.63, 3.8) is 0 Å². The van der Waals surface area contributed by atoms with Crippen molar-refractivity contribution in [1.82, 2.24) is 4.57 Å². The van der Waals surface area contributed by atoms with Crippen LogP contribution in [0.2, 0.25) is 10.0 Å². The Bertz CT molecular complexity index is 1420. The molecule has 6 nitrogen and oxygen atoms in total. The zero-order valence-electron chi connectivity index (χ0n) is 20.0. The number of nitrogens with zero attached hydrogens (tertiary/aromatic N) is 1. The van der Waals surface area contributed by atoms with Gasteiger partial charge in [-0.05, 0) is 67.8 Å². The Kier molecular flexibility index (Phi) is 7.29. The molecule has 0 saturated carbocycles. The Morgan fingerprint density at radius 2 is 1.47 bits per heavy atom. The second-order valence-corrected chi connectivity index (χ2v) is 10.2. The Hall–Kier alpha value is -3.48. The van der Waals surface area contributed by atoms with Gasteiger partial charge in [0.05, 0.1) is 27.7 Å². The van der Waals surface area contributed by atoms with Gasteiger partial charge >= 0.3 is 12.1 Å². The van der Waals surface area contributed by atoms with E-state index in [1.165, 1.54) is 4.57 Å². The number of benzene rings is 3. The fourth-order valence-electron chi connectivity index (χ4n) is 3.78. The fraction of sp³-hybridized carbons (Fsp3) is 0.214. The summed E-state index contributed by atoms with van der Waals surface area (Å²) in [6.45, 7) is 5.53. The van der Waals surface area contributed by atoms with Gasteiger partial charge in [-0.15, -0.1) is 0 Å². The van der Waals surface area contributed by atoms with Gasteiger partial charge in [-0.25, -0.2) is 9.36 Å². The molecule has 1 heterocycles. The van der Waals surface area contributed by atoms with Crippen molar-refractivity contribution >= 4 is 46.2 Å². The normalized spacial score (nSPS) is 11.5. The van der Waals surface area contributed by atoms with E-state index in [4.69, 9.17) is 37.8 Å². The lowest BCUT2D eigenvalue weighted by Crippen LogP contribution is -2.28. The minimum atomic E-state index is -0.860. The molecule has 0 aliphatic heterocycles. The molecular weight excluding hydrogens is 501 g/mol. The van der Waals surface area contributed by atoms with Crippen molar-refractivity contribution in [2.45, 2.75) is 39.4 Å². The first-order valence-electron chi connectivity index (χ1n) is 11.3. The summed E-state index contributed by atoms with van der Waals surface area (Å²) in [5, 5.41) is 10.4. The summed E-state index contributed by atoms with van der Waals surface area (Å²) in [5.41, 5.74) is 3.18. The van der Waals surface area contributed by atoms with E-state index in [2.05, 4.69) is 0 Å². The molecule has 4 rings (SSSR count). The highest BCUT2D eigenvalue weighted by atomic mass is 35.5. The van der Waals surface area contributed by atoms with Crippen LogP contribution in [-0.2, 0) is 22.6 Å². The first kappa shape index (κ1) is 25.6. The van der Waals surface area contributed by atoms with Crippen molar-refractivity contribution in [1.29, 1.82) is 0 Å². The Labute approximate surface area is 219 Å². The van der Waals surface area contributed by atoms with Crippen molar-refractivity contribution in [2.75, 3.05) is 0 Å². The van der Waals surface area contributed by atoms with Crippen LogP contribution in [0.5, 0.6) is 5.75 Å². The smallest absolute Gasteiger partial charge is 0.419 e. The van der Waals surface area contributed by atoms with Crippen molar-refractivity contribution in [3.05, 3.63) is 88.0 Å². The average Bonchev–Trinajstić information content (AvgIpc) is 3.14. The molecule has 186 valence electrons. The second kappa shape index (κ2) is 10.2. The van der Waals surface area contributed by atoms with Crippen LogP contribution in [0.25, 0.3) is 22.0 Å². The number of halogens is 2. The van der Waals surface area contributed by atoms with Crippen LogP contribution in [0, 0.1) is 0 Å². The minimum absolute atomic E-state index is 0.00843. The highest BCUT2D eigenvalue weighted by molar-refractivity contribution is 6.42. The first-order chi connectivity index (χ1) is 17.0. The maximum Gasteiger partial charge on any atom is 0.419 e. The van der Waals surface area contributed by atoms with E-state index in [9.17, 15) is 9.59 Å². The summed E-state index contributed by atoms with van der Waals surface area (Å²) in [7, 11) is 0. The molecule has 4 aromatic rings. The molecule has 0 atom stereocenters. The van der Waals surface area contributed by atoms with Gasteiger partial charge < -0.3 is 14.6 Å². The van der Waals surface area contributed by atoms with Crippen molar-refractivity contribution < 1.29 is 24.2 Å². The largest absolute Gasteiger partial charge is 0.487 e. The zero-order chi connectivity index (χ0) is 26.0. The quantitative estimate of drug-likeness (QED) is 0.280. The molecule has 0 bridgehead atoms. The summed E-state index contributed by atoms with van der Waals surface area (Å²) in [4.78, 5) is 23.9. The van der Waals surface area contributed by atoms with Gasteiger partial charge in [0.2, 0.25) is 0 Å². The molecule has 0 spiro atoms. The van der Waals surface area contributed by atoms with Crippen LogP contribution >= 0.6 is 23.2 Å². The summed E-state index contributed by atoms with van der Waals surface area (Å²) >= 11 is 12.4. The number of hydrogen-bond donors (Lipinski definition) is 1. The molecule has 0 saturated heterocycles. The van der Waals surface area contributed by atoms with Gasteiger partial charge in [0.1, 0.15) is 18.0 Å². The van der Waals surface area contributed by atoms with E-state index >= 15 is 0 Å². The van der Waals surface area contributed by atoms with Gasteiger partial charge in [-0.2, -0.15) is 0 Å². The maximum absolute atomic E-state index is 13.0. The lowest BCUT2D eigenvalue weighted by molar-refractivity contribution is -0.136. The number of aromatic nitrogens is 1. The highest BCUT2D eigenvalue weighted by Crippen LogP contribution is 2.31. The Morgan fingerprint density at radius 1 is 0.889 bits per heavy atom. The molecule has 0 unspecified atom stereocenters. The van der Waals surface area contributed by atoms with Gasteiger partial charge in [0, 0.05) is 5.39 Å². The number of ether oxygens (including phenoxy) is 2. The van der Waals surface area contributed by atoms with Crippen LogP contribution in [0.4, 0.5) is 4.79 Å². The molecule has 0 aliphatic rings. The van der Waals surface area contributed by atoms with Crippen LogP contribution < -0.4 is 4.74 Å². The van der Waals surface area contributed by atoms with Crippen LogP contribution in [-0.4, -0.2) is 27.3 Å². The van der Waals surface area contributed by atoms with Crippen LogP contribution in [0.1, 0.15) is 32.0 Å². The molecule has 0 aliphatic carbocycles. The Morgan fingerprint density at radius 3 is 2.06 bits per heavy atom.